The van der Waals surface area contributed by atoms with Gasteiger partial charge >= 0.3 is 0 Å². The van der Waals surface area contributed by atoms with Crippen LogP contribution in [0.15, 0.2) is 22.8 Å². The molecule has 1 aliphatic carbocycles. The molecule has 0 bridgehead atoms. The third-order valence-corrected chi connectivity index (χ3v) is 2.51. The predicted molar refractivity (Wildman–Crippen MR) is 41.0 cm³/mol. The largest absolute Gasteiger partial charge is 0.467 e. The summed E-state index contributed by atoms with van der Waals surface area (Å²) < 4.78 is 5.11. The molecule has 0 amide bonds. The Hall–Kier alpha value is -0.760. The van der Waals surface area contributed by atoms with Crippen LogP contribution in [0.25, 0.3) is 0 Å². The molecule has 1 fully saturated rings. The molecule has 1 atom stereocenters. The summed E-state index contributed by atoms with van der Waals surface area (Å²) >= 11 is 0. The maximum absolute atomic E-state index is 9.71. The number of hydrogen-bond acceptors (Lipinski definition) is 2. The second kappa shape index (κ2) is 2.11. The van der Waals surface area contributed by atoms with Crippen LogP contribution in [0, 0.1) is 5.41 Å². The Balaban J connectivity index is 2.17. The van der Waals surface area contributed by atoms with E-state index in [0.29, 0.717) is 5.76 Å². The molecule has 0 radical (unpaired) electrons. The zero-order valence-corrected chi connectivity index (χ0v) is 6.58. The van der Waals surface area contributed by atoms with E-state index in [0.717, 1.165) is 12.8 Å². The van der Waals surface area contributed by atoms with Gasteiger partial charge in [-0.25, -0.2) is 0 Å². The second-order valence-electron chi connectivity index (χ2n) is 3.57. The van der Waals surface area contributed by atoms with Crippen molar-refractivity contribution in [3.63, 3.8) is 0 Å². The van der Waals surface area contributed by atoms with Gasteiger partial charge < -0.3 is 9.52 Å². The van der Waals surface area contributed by atoms with Crippen molar-refractivity contribution < 1.29 is 9.52 Å². The molecular formula is C9H12O2. The first-order chi connectivity index (χ1) is 5.22. The van der Waals surface area contributed by atoms with Gasteiger partial charge in [0, 0.05) is 5.41 Å². The van der Waals surface area contributed by atoms with Crippen LogP contribution in [0.2, 0.25) is 0 Å². The van der Waals surface area contributed by atoms with Crippen LogP contribution in [0.5, 0.6) is 0 Å². The maximum Gasteiger partial charge on any atom is 0.132 e. The van der Waals surface area contributed by atoms with Crippen LogP contribution in [-0.4, -0.2) is 5.11 Å². The third kappa shape index (κ3) is 1.07. The van der Waals surface area contributed by atoms with Crippen molar-refractivity contribution in [3.05, 3.63) is 24.2 Å². The third-order valence-electron chi connectivity index (χ3n) is 2.51. The summed E-state index contributed by atoms with van der Waals surface area (Å²) in [4.78, 5) is 0. The molecule has 0 aliphatic heterocycles. The Labute approximate surface area is 65.8 Å². The average molecular weight is 152 g/mol. The van der Waals surface area contributed by atoms with Crippen molar-refractivity contribution in [2.45, 2.75) is 25.9 Å². The van der Waals surface area contributed by atoms with Crippen LogP contribution in [0.3, 0.4) is 0 Å². The summed E-state index contributed by atoms with van der Waals surface area (Å²) in [6.45, 7) is 2.08. The normalized spacial score (nSPS) is 23.1. The molecule has 60 valence electrons. The Morgan fingerprint density at radius 2 is 2.36 bits per heavy atom. The molecular weight excluding hydrogens is 140 g/mol. The van der Waals surface area contributed by atoms with Crippen LogP contribution in [-0.2, 0) is 0 Å². The van der Waals surface area contributed by atoms with Gasteiger partial charge in [0.1, 0.15) is 11.9 Å². The van der Waals surface area contributed by atoms with Crippen molar-refractivity contribution in [2.24, 2.45) is 5.41 Å². The van der Waals surface area contributed by atoms with E-state index in [1.807, 2.05) is 12.1 Å². The van der Waals surface area contributed by atoms with E-state index in [1.165, 1.54) is 0 Å². The first kappa shape index (κ1) is 6.92. The minimum absolute atomic E-state index is 0.0951. The van der Waals surface area contributed by atoms with Crippen LogP contribution in [0.4, 0.5) is 0 Å². The summed E-state index contributed by atoms with van der Waals surface area (Å²) in [6, 6.07) is 3.64. The lowest BCUT2D eigenvalue weighted by molar-refractivity contribution is 0.0810. The first-order valence-electron chi connectivity index (χ1n) is 3.94. The molecule has 1 N–H and O–H groups in total. The van der Waals surface area contributed by atoms with Gasteiger partial charge in [-0.05, 0) is 25.0 Å². The van der Waals surface area contributed by atoms with E-state index < -0.39 is 6.10 Å². The Bertz CT molecular complexity index is 234. The minimum Gasteiger partial charge on any atom is -0.467 e. The van der Waals surface area contributed by atoms with Crippen LogP contribution < -0.4 is 0 Å². The SMILES string of the molecule is CC1(C(O)c2ccco2)CC1. The monoisotopic (exact) mass is 152 g/mol. The summed E-state index contributed by atoms with van der Waals surface area (Å²) in [7, 11) is 0. The summed E-state index contributed by atoms with van der Waals surface area (Å²) in [5, 5.41) is 9.71. The van der Waals surface area contributed by atoms with E-state index in [2.05, 4.69) is 6.92 Å². The molecule has 1 aliphatic rings. The molecule has 1 saturated carbocycles. The summed E-state index contributed by atoms with van der Waals surface area (Å²) in [5.74, 6) is 0.699. The number of rotatable bonds is 2. The van der Waals surface area contributed by atoms with Crippen molar-refractivity contribution >= 4 is 0 Å². The van der Waals surface area contributed by atoms with Gasteiger partial charge in [0.2, 0.25) is 0 Å². The fraction of sp³-hybridized carbons (Fsp3) is 0.556. The molecule has 0 saturated heterocycles. The van der Waals surface area contributed by atoms with Crippen LogP contribution in [0.1, 0.15) is 31.6 Å². The lowest BCUT2D eigenvalue weighted by Crippen LogP contribution is -2.08. The number of aliphatic hydroxyl groups excluding tert-OH is 1. The predicted octanol–water partition coefficient (Wildman–Crippen LogP) is 2.11. The fourth-order valence-corrected chi connectivity index (χ4v) is 1.26. The number of furan rings is 1. The smallest absolute Gasteiger partial charge is 0.132 e. The molecule has 1 aromatic rings. The molecule has 2 heteroatoms. The highest BCUT2D eigenvalue weighted by Gasteiger charge is 2.45. The van der Waals surface area contributed by atoms with Gasteiger partial charge in [-0.3, -0.25) is 0 Å². The standard InChI is InChI=1S/C9H12O2/c1-9(4-5-9)8(10)7-3-2-6-11-7/h2-3,6,8,10H,4-5H2,1H3. The fourth-order valence-electron chi connectivity index (χ4n) is 1.26. The Morgan fingerprint density at radius 1 is 1.64 bits per heavy atom. The van der Waals surface area contributed by atoms with Gasteiger partial charge in [-0.15, -0.1) is 0 Å². The zero-order valence-electron chi connectivity index (χ0n) is 6.58. The second-order valence-corrected chi connectivity index (χ2v) is 3.57. The zero-order chi connectivity index (χ0) is 7.90. The van der Waals surface area contributed by atoms with E-state index in [4.69, 9.17) is 4.42 Å². The van der Waals surface area contributed by atoms with Crippen molar-refractivity contribution in [2.75, 3.05) is 0 Å². The molecule has 1 aromatic heterocycles. The molecule has 2 rings (SSSR count). The molecule has 0 spiro atoms. The van der Waals surface area contributed by atoms with E-state index in [9.17, 15) is 5.11 Å². The quantitative estimate of drug-likeness (QED) is 0.704. The van der Waals surface area contributed by atoms with Crippen molar-refractivity contribution in [3.8, 4) is 0 Å². The van der Waals surface area contributed by atoms with Gasteiger partial charge in [0.25, 0.3) is 0 Å². The molecule has 2 nitrogen and oxygen atoms in total. The van der Waals surface area contributed by atoms with Crippen molar-refractivity contribution in [1.82, 2.24) is 0 Å². The lowest BCUT2D eigenvalue weighted by Gasteiger charge is -2.13. The Morgan fingerprint density at radius 3 is 2.82 bits per heavy atom. The van der Waals surface area contributed by atoms with Crippen LogP contribution >= 0.6 is 0 Å². The van der Waals surface area contributed by atoms with E-state index in [-0.39, 0.29) is 5.41 Å². The van der Waals surface area contributed by atoms with E-state index in [1.54, 1.807) is 6.26 Å². The van der Waals surface area contributed by atoms with Crippen molar-refractivity contribution in [1.29, 1.82) is 0 Å². The highest BCUT2D eigenvalue weighted by atomic mass is 16.4. The molecule has 0 aromatic carbocycles. The minimum atomic E-state index is -0.405. The summed E-state index contributed by atoms with van der Waals surface area (Å²) in [6.07, 6.45) is 3.41. The van der Waals surface area contributed by atoms with Gasteiger partial charge in [-0.1, -0.05) is 6.92 Å². The molecule has 1 heterocycles. The van der Waals surface area contributed by atoms with Gasteiger partial charge in [0.05, 0.1) is 6.26 Å². The maximum atomic E-state index is 9.71. The number of hydrogen-bond donors (Lipinski definition) is 1. The highest BCUT2D eigenvalue weighted by molar-refractivity contribution is 5.10. The number of aliphatic hydroxyl groups is 1. The lowest BCUT2D eigenvalue weighted by atomic mass is 10.0. The van der Waals surface area contributed by atoms with E-state index >= 15 is 0 Å². The summed E-state index contributed by atoms with van der Waals surface area (Å²) in [5.41, 5.74) is 0.0951. The highest BCUT2D eigenvalue weighted by Crippen LogP contribution is 2.54. The topological polar surface area (TPSA) is 33.4 Å². The first-order valence-corrected chi connectivity index (χ1v) is 3.94. The van der Waals surface area contributed by atoms with Gasteiger partial charge in [-0.2, -0.15) is 0 Å². The van der Waals surface area contributed by atoms with Gasteiger partial charge in [0.15, 0.2) is 0 Å². The molecule has 11 heavy (non-hydrogen) atoms. The Kier molecular flexibility index (Phi) is 1.33. The molecule has 1 unspecified atom stereocenters. The average Bonchev–Trinajstić information content (AvgIpc) is 2.54.